The van der Waals surface area contributed by atoms with Gasteiger partial charge in [-0.2, -0.15) is 0 Å². The van der Waals surface area contributed by atoms with E-state index < -0.39 is 0 Å². The maximum absolute atomic E-state index is 12.3. The summed E-state index contributed by atoms with van der Waals surface area (Å²) in [5.41, 5.74) is 6.35. The number of nitrogens with two attached hydrogens (primary N) is 1. The Morgan fingerprint density at radius 3 is 2.75 bits per heavy atom. The van der Waals surface area contributed by atoms with Crippen LogP contribution in [-0.4, -0.2) is 16.9 Å². The zero-order valence-corrected chi connectivity index (χ0v) is 11.4. The highest BCUT2D eigenvalue weighted by molar-refractivity contribution is 5.99. The molecule has 0 bridgehead atoms. The monoisotopic (exact) mass is 269 g/mol. The highest BCUT2D eigenvalue weighted by Crippen LogP contribution is 2.21. The van der Waals surface area contributed by atoms with Crippen molar-refractivity contribution in [2.45, 2.75) is 38.1 Å². The minimum atomic E-state index is -0.116. The summed E-state index contributed by atoms with van der Waals surface area (Å²) in [5.74, 6) is 0.297. The fraction of sp³-hybridized carbons (Fsp3) is 0.375. The van der Waals surface area contributed by atoms with Crippen molar-refractivity contribution in [1.29, 1.82) is 0 Å². The van der Waals surface area contributed by atoms with Crippen molar-refractivity contribution in [3.63, 3.8) is 0 Å². The number of fused-ring (bicyclic) bond motifs is 1. The van der Waals surface area contributed by atoms with Gasteiger partial charge >= 0.3 is 0 Å². The van der Waals surface area contributed by atoms with Crippen LogP contribution in [0.3, 0.4) is 0 Å². The molecule has 0 aliphatic heterocycles. The van der Waals surface area contributed by atoms with Crippen LogP contribution in [0.1, 0.15) is 42.6 Å². The van der Waals surface area contributed by atoms with E-state index in [0.29, 0.717) is 11.5 Å². The number of benzene rings is 1. The van der Waals surface area contributed by atoms with Crippen molar-refractivity contribution in [3.8, 4) is 0 Å². The minimum Gasteiger partial charge on any atom is -0.383 e. The van der Waals surface area contributed by atoms with E-state index in [1.165, 1.54) is 19.3 Å². The molecule has 3 rings (SSSR count). The maximum Gasteiger partial charge on any atom is 0.270 e. The summed E-state index contributed by atoms with van der Waals surface area (Å²) in [7, 11) is 0. The molecule has 0 atom stereocenters. The summed E-state index contributed by atoms with van der Waals surface area (Å²) < 4.78 is 0. The van der Waals surface area contributed by atoms with Gasteiger partial charge in [0.1, 0.15) is 11.5 Å². The molecule has 4 heteroatoms. The summed E-state index contributed by atoms with van der Waals surface area (Å²) >= 11 is 0. The quantitative estimate of drug-likeness (QED) is 0.880. The summed E-state index contributed by atoms with van der Waals surface area (Å²) in [6.07, 6.45) is 5.79. The number of aromatic nitrogens is 1. The first kappa shape index (κ1) is 12.9. The van der Waals surface area contributed by atoms with Gasteiger partial charge in [-0.05, 0) is 24.3 Å². The lowest BCUT2D eigenvalue weighted by molar-refractivity contribution is 0.0923. The fourth-order valence-electron chi connectivity index (χ4n) is 2.85. The molecule has 1 aromatic carbocycles. The number of carbonyl (C=O) groups is 1. The van der Waals surface area contributed by atoms with Crippen LogP contribution in [0, 0.1) is 0 Å². The lowest BCUT2D eigenvalue weighted by Gasteiger charge is -2.22. The molecule has 0 radical (unpaired) electrons. The van der Waals surface area contributed by atoms with Crippen molar-refractivity contribution in [2.24, 2.45) is 0 Å². The molecule has 2 aromatic rings. The summed E-state index contributed by atoms with van der Waals surface area (Å²) in [4.78, 5) is 16.5. The van der Waals surface area contributed by atoms with Crippen molar-refractivity contribution in [2.75, 3.05) is 5.73 Å². The second-order valence-corrected chi connectivity index (χ2v) is 5.42. The topological polar surface area (TPSA) is 68.0 Å². The molecule has 1 heterocycles. The Labute approximate surface area is 118 Å². The molecule has 3 N–H and O–H groups in total. The molecule has 20 heavy (non-hydrogen) atoms. The molecular formula is C16H19N3O. The van der Waals surface area contributed by atoms with Crippen LogP contribution in [0.2, 0.25) is 0 Å². The van der Waals surface area contributed by atoms with Crippen LogP contribution in [0.4, 0.5) is 5.82 Å². The van der Waals surface area contributed by atoms with Crippen LogP contribution in [-0.2, 0) is 0 Å². The molecule has 1 saturated carbocycles. The Morgan fingerprint density at radius 1 is 1.20 bits per heavy atom. The Kier molecular flexibility index (Phi) is 3.54. The number of amides is 1. The molecule has 0 unspecified atom stereocenters. The Bertz CT molecular complexity index is 633. The third kappa shape index (κ3) is 2.59. The van der Waals surface area contributed by atoms with Crippen LogP contribution in [0.25, 0.3) is 10.8 Å². The summed E-state index contributed by atoms with van der Waals surface area (Å²) in [6.45, 7) is 0. The minimum absolute atomic E-state index is 0.116. The third-order valence-corrected chi connectivity index (χ3v) is 3.94. The van der Waals surface area contributed by atoms with Gasteiger partial charge in [0.25, 0.3) is 5.91 Å². The van der Waals surface area contributed by atoms with Crippen LogP contribution in [0.15, 0.2) is 30.3 Å². The number of rotatable bonds is 2. The Hall–Kier alpha value is -2.10. The van der Waals surface area contributed by atoms with Crippen LogP contribution in [0.5, 0.6) is 0 Å². The van der Waals surface area contributed by atoms with Gasteiger partial charge in [0.15, 0.2) is 0 Å². The van der Waals surface area contributed by atoms with Crippen LogP contribution >= 0.6 is 0 Å². The number of hydrogen-bond donors (Lipinski definition) is 2. The molecule has 4 nitrogen and oxygen atoms in total. The van der Waals surface area contributed by atoms with E-state index in [2.05, 4.69) is 10.3 Å². The van der Waals surface area contributed by atoms with Gasteiger partial charge < -0.3 is 11.1 Å². The van der Waals surface area contributed by atoms with Gasteiger partial charge in [-0.3, -0.25) is 4.79 Å². The van der Waals surface area contributed by atoms with E-state index in [1.54, 1.807) is 0 Å². The van der Waals surface area contributed by atoms with E-state index in [0.717, 1.165) is 23.6 Å². The number of anilines is 1. The van der Waals surface area contributed by atoms with Gasteiger partial charge in [0.2, 0.25) is 0 Å². The second kappa shape index (κ2) is 5.49. The van der Waals surface area contributed by atoms with Gasteiger partial charge in [0.05, 0.1) is 0 Å². The second-order valence-electron chi connectivity index (χ2n) is 5.42. The number of hydrogen-bond acceptors (Lipinski definition) is 3. The first-order chi connectivity index (χ1) is 9.74. The number of pyridine rings is 1. The van der Waals surface area contributed by atoms with Gasteiger partial charge in [-0.25, -0.2) is 4.98 Å². The molecule has 0 saturated heterocycles. The lowest BCUT2D eigenvalue weighted by Crippen LogP contribution is -2.36. The number of carbonyl (C=O) groups excluding carboxylic acids is 1. The largest absolute Gasteiger partial charge is 0.383 e. The zero-order valence-electron chi connectivity index (χ0n) is 11.4. The molecule has 1 aliphatic rings. The lowest BCUT2D eigenvalue weighted by atomic mass is 9.95. The van der Waals surface area contributed by atoms with Gasteiger partial charge in [-0.1, -0.05) is 43.5 Å². The number of nitrogen functional groups attached to an aromatic ring is 1. The molecule has 0 spiro atoms. The highest BCUT2D eigenvalue weighted by atomic mass is 16.1. The van der Waals surface area contributed by atoms with Crippen molar-refractivity contribution in [1.82, 2.24) is 10.3 Å². The standard InChI is InChI=1S/C16H19N3O/c17-15-13-9-5-4-6-11(13)10-14(19-15)16(20)18-12-7-2-1-3-8-12/h4-6,9-10,12H,1-3,7-8H2,(H2,17,19)(H,18,20). The van der Waals surface area contributed by atoms with Crippen molar-refractivity contribution < 1.29 is 4.79 Å². The number of nitrogens with one attached hydrogen (secondary N) is 1. The average Bonchev–Trinajstić information content (AvgIpc) is 2.48. The van der Waals surface area contributed by atoms with E-state index in [4.69, 9.17) is 5.73 Å². The van der Waals surface area contributed by atoms with Gasteiger partial charge in [0, 0.05) is 11.4 Å². The average molecular weight is 269 g/mol. The number of nitrogens with zero attached hydrogens (tertiary/aromatic N) is 1. The molecule has 1 aliphatic carbocycles. The van der Waals surface area contributed by atoms with E-state index in [-0.39, 0.29) is 11.9 Å². The smallest absolute Gasteiger partial charge is 0.270 e. The zero-order chi connectivity index (χ0) is 13.9. The summed E-state index contributed by atoms with van der Waals surface area (Å²) in [6, 6.07) is 9.81. The van der Waals surface area contributed by atoms with E-state index in [9.17, 15) is 4.79 Å². The predicted molar refractivity (Wildman–Crippen MR) is 80.5 cm³/mol. The van der Waals surface area contributed by atoms with Crippen molar-refractivity contribution in [3.05, 3.63) is 36.0 Å². The first-order valence-corrected chi connectivity index (χ1v) is 7.20. The summed E-state index contributed by atoms with van der Waals surface area (Å²) in [5, 5.41) is 4.91. The SMILES string of the molecule is Nc1nc(C(=O)NC2CCCCC2)cc2ccccc12. The molecular weight excluding hydrogens is 250 g/mol. The molecule has 1 amide bonds. The predicted octanol–water partition coefficient (Wildman–Crippen LogP) is 2.88. The maximum atomic E-state index is 12.3. The van der Waals surface area contributed by atoms with E-state index >= 15 is 0 Å². The van der Waals surface area contributed by atoms with E-state index in [1.807, 2.05) is 30.3 Å². The molecule has 1 aromatic heterocycles. The Balaban J connectivity index is 1.84. The molecule has 1 fully saturated rings. The van der Waals surface area contributed by atoms with Gasteiger partial charge in [-0.15, -0.1) is 0 Å². The highest BCUT2D eigenvalue weighted by Gasteiger charge is 2.18. The van der Waals surface area contributed by atoms with Crippen molar-refractivity contribution >= 4 is 22.5 Å². The Morgan fingerprint density at radius 2 is 1.95 bits per heavy atom. The fourth-order valence-corrected chi connectivity index (χ4v) is 2.85. The third-order valence-electron chi connectivity index (χ3n) is 3.94. The first-order valence-electron chi connectivity index (χ1n) is 7.20. The molecule has 104 valence electrons. The normalized spacial score (nSPS) is 16.2. The van der Waals surface area contributed by atoms with Crippen LogP contribution < -0.4 is 11.1 Å².